The van der Waals surface area contributed by atoms with Gasteiger partial charge in [0.15, 0.2) is 0 Å². The molecule has 1 aliphatic heterocycles. The number of sulfonamides is 1. The summed E-state index contributed by atoms with van der Waals surface area (Å²) in [7, 11) is -3.57. The number of carbonyl (C=O) groups is 2. The zero-order chi connectivity index (χ0) is 21.0. The maximum atomic E-state index is 13.0. The van der Waals surface area contributed by atoms with Crippen LogP contribution in [-0.4, -0.2) is 61.7 Å². The molecule has 1 N–H and O–H groups in total. The van der Waals surface area contributed by atoms with Crippen LogP contribution >= 0.6 is 0 Å². The van der Waals surface area contributed by atoms with Crippen LogP contribution in [0, 0.1) is 13.8 Å². The van der Waals surface area contributed by atoms with Crippen molar-refractivity contribution in [3.8, 4) is 0 Å². The molecule has 1 saturated carbocycles. The smallest absolute Gasteiger partial charge is 0.243 e. The molecular weight excluding hydrogens is 390 g/mol. The van der Waals surface area contributed by atoms with Gasteiger partial charge in [0.25, 0.3) is 0 Å². The van der Waals surface area contributed by atoms with E-state index in [0.29, 0.717) is 18.0 Å². The largest absolute Gasteiger partial charge is 0.353 e. The molecule has 3 rings (SSSR count). The van der Waals surface area contributed by atoms with Gasteiger partial charge in [0.1, 0.15) is 0 Å². The molecule has 1 aromatic carbocycles. The van der Waals surface area contributed by atoms with Crippen molar-refractivity contribution in [2.24, 2.45) is 0 Å². The molecule has 1 heterocycles. The molecule has 1 aromatic rings. The van der Waals surface area contributed by atoms with E-state index in [2.05, 4.69) is 5.32 Å². The second-order valence-corrected chi connectivity index (χ2v) is 10.0. The lowest BCUT2D eigenvalue weighted by Crippen LogP contribution is -2.50. The van der Waals surface area contributed by atoms with E-state index < -0.39 is 10.0 Å². The molecule has 0 bridgehead atoms. The number of amides is 2. The van der Waals surface area contributed by atoms with Crippen LogP contribution in [0.25, 0.3) is 0 Å². The first kappa shape index (κ1) is 21.8. The Morgan fingerprint density at radius 3 is 2.34 bits per heavy atom. The predicted octanol–water partition coefficient (Wildman–Crippen LogP) is 1.98. The molecule has 7 nitrogen and oxygen atoms in total. The minimum absolute atomic E-state index is 0.0682. The molecule has 0 unspecified atom stereocenters. The van der Waals surface area contributed by atoms with Crippen LogP contribution in [0.1, 0.15) is 49.7 Å². The number of aryl methyl sites for hydroxylation is 2. The van der Waals surface area contributed by atoms with Crippen molar-refractivity contribution in [2.75, 3.05) is 26.2 Å². The van der Waals surface area contributed by atoms with E-state index in [-0.39, 0.29) is 43.8 Å². The van der Waals surface area contributed by atoms with E-state index in [9.17, 15) is 18.0 Å². The first-order chi connectivity index (χ1) is 13.8. The van der Waals surface area contributed by atoms with Gasteiger partial charge in [0, 0.05) is 45.1 Å². The zero-order valence-electron chi connectivity index (χ0n) is 17.3. The average Bonchev–Trinajstić information content (AvgIpc) is 3.21. The second-order valence-electron chi connectivity index (χ2n) is 8.10. The van der Waals surface area contributed by atoms with Gasteiger partial charge in [0.05, 0.1) is 4.90 Å². The van der Waals surface area contributed by atoms with Crippen molar-refractivity contribution < 1.29 is 18.0 Å². The molecule has 0 atom stereocenters. The van der Waals surface area contributed by atoms with Crippen molar-refractivity contribution in [2.45, 2.75) is 63.3 Å². The van der Waals surface area contributed by atoms with E-state index in [1.807, 2.05) is 19.1 Å². The van der Waals surface area contributed by atoms with Crippen LogP contribution in [0.5, 0.6) is 0 Å². The molecule has 0 radical (unpaired) electrons. The monoisotopic (exact) mass is 421 g/mol. The Labute approximate surface area is 173 Å². The predicted molar refractivity (Wildman–Crippen MR) is 111 cm³/mol. The van der Waals surface area contributed by atoms with Crippen LogP contribution in [-0.2, 0) is 19.6 Å². The first-order valence-corrected chi connectivity index (χ1v) is 11.9. The first-order valence-electron chi connectivity index (χ1n) is 10.4. The van der Waals surface area contributed by atoms with Gasteiger partial charge in [-0.25, -0.2) is 8.42 Å². The Kier molecular flexibility index (Phi) is 6.95. The average molecular weight is 422 g/mol. The van der Waals surface area contributed by atoms with E-state index in [1.54, 1.807) is 17.9 Å². The Hall–Kier alpha value is -1.93. The maximum Gasteiger partial charge on any atom is 0.243 e. The van der Waals surface area contributed by atoms with Gasteiger partial charge in [0.2, 0.25) is 21.8 Å². The number of nitrogens with zero attached hydrogens (tertiary/aromatic N) is 2. The Bertz CT molecular complexity index is 855. The quantitative estimate of drug-likeness (QED) is 0.761. The summed E-state index contributed by atoms with van der Waals surface area (Å²) in [6.07, 6.45) is 4.71. The lowest BCUT2D eigenvalue weighted by molar-refractivity contribution is -0.134. The van der Waals surface area contributed by atoms with Crippen molar-refractivity contribution in [1.29, 1.82) is 0 Å². The molecule has 2 aliphatic rings. The van der Waals surface area contributed by atoms with Gasteiger partial charge in [-0.3, -0.25) is 9.59 Å². The Balaban J connectivity index is 1.49. The number of hydrogen-bond acceptors (Lipinski definition) is 4. The van der Waals surface area contributed by atoms with E-state index in [4.69, 9.17) is 0 Å². The highest BCUT2D eigenvalue weighted by atomic mass is 32.2. The fourth-order valence-corrected chi connectivity index (χ4v) is 5.78. The van der Waals surface area contributed by atoms with Crippen LogP contribution < -0.4 is 5.32 Å². The minimum Gasteiger partial charge on any atom is -0.353 e. The molecule has 1 saturated heterocycles. The zero-order valence-corrected chi connectivity index (χ0v) is 18.1. The Morgan fingerprint density at radius 1 is 1.03 bits per heavy atom. The minimum atomic E-state index is -3.57. The summed E-state index contributed by atoms with van der Waals surface area (Å²) in [6.45, 7) is 4.92. The molecule has 29 heavy (non-hydrogen) atoms. The summed E-state index contributed by atoms with van der Waals surface area (Å²) in [6, 6.07) is 5.67. The lowest BCUT2D eigenvalue weighted by Gasteiger charge is -2.34. The van der Waals surface area contributed by atoms with Gasteiger partial charge in [-0.05, 0) is 43.9 Å². The van der Waals surface area contributed by atoms with E-state index in [0.717, 1.165) is 36.8 Å². The molecule has 8 heteroatoms. The van der Waals surface area contributed by atoms with Crippen LogP contribution in [0.4, 0.5) is 0 Å². The van der Waals surface area contributed by atoms with E-state index in [1.165, 1.54) is 4.31 Å². The fourth-order valence-electron chi connectivity index (χ4n) is 4.05. The summed E-state index contributed by atoms with van der Waals surface area (Å²) in [5.41, 5.74) is 1.63. The maximum absolute atomic E-state index is 13.0. The number of rotatable bonds is 6. The molecule has 160 valence electrons. The summed E-state index contributed by atoms with van der Waals surface area (Å²) >= 11 is 0. The second kappa shape index (κ2) is 9.26. The van der Waals surface area contributed by atoms with Gasteiger partial charge < -0.3 is 10.2 Å². The van der Waals surface area contributed by atoms with Crippen LogP contribution in [0.15, 0.2) is 23.1 Å². The van der Waals surface area contributed by atoms with Gasteiger partial charge >= 0.3 is 0 Å². The summed E-state index contributed by atoms with van der Waals surface area (Å²) < 4.78 is 27.4. The molecule has 0 aromatic heterocycles. The standard InChI is InChI=1S/C21H31N3O4S/c1-16-7-8-17(2)19(15-16)29(27,28)24-13-11-23(12-14-24)21(26)10-9-20(25)22-18-5-3-4-6-18/h7-8,15,18H,3-6,9-14H2,1-2H3,(H,22,25). The lowest BCUT2D eigenvalue weighted by atomic mass is 10.2. The third-order valence-corrected chi connectivity index (χ3v) is 7.88. The van der Waals surface area contributed by atoms with Gasteiger partial charge in [-0.1, -0.05) is 25.0 Å². The normalized spacial score (nSPS) is 18.8. The third-order valence-electron chi connectivity index (χ3n) is 5.84. The number of piperazine rings is 1. The molecule has 2 amide bonds. The van der Waals surface area contributed by atoms with E-state index >= 15 is 0 Å². The Morgan fingerprint density at radius 2 is 1.69 bits per heavy atom. The van der Waals surface area contributed by atoms with Crippen molar-refractivity contribution in [1.82, 2.24) is 14.5 Å². The van der Waals surface area contributed by atoms with Crippen molar-refractivity contribution >= 4 is 21.8 Å². The molecular formula is C21H31N3O4S. The highest BCUT2D eigenvalue weighted by Gasteiger charge is 2.31. The number of nitrogens with one attached hydrogen (secondary N) is 1. The number of carbonyl (C=O) groups excluding carboxylic acids is 2. The van der Waals surface area contributed by atoms with Crippen LogP contribution in [0.2, 0.25) is 0 Å². The number of benzene rings is 1. The van der Waals surface area contributed by atoms with Gasteiger partial charge in [-0.2, -0.15) is 4.31 Å². The SMILES string of the molecule is Cc1ccc(C)c(S(=O)(=O)N2CCN(C(=O)CCC(=O)NC3CCCC3)CC2)c1. The fraction of sp³-hybridized carbons (Fsp3) is 0.619. The molecule has 1 aliphatic carbocycles. The summed E-state index contributed by atoms with van der Waals surface area (Å²) in [5.74, 6) is -0.156. The number of hydrogen-bond donors (Lipinski definition) is 1. The van der Waals surface area contributed by atoms with Gasteiger partial charge in [-0.15, -0.1) is 0 Å². The highest BCUT2D eigenvalue weighted by molar-refractivity contribution is 7.89. The topological polar surface area (TPSA) is 86.8 Å². The highest BCUT2D eigenvalue weighted by Crippen LogP contribution is 2.23. The summed E-state index contributed by atoms with van der Waals surface area (Å²) in [4.78, 5) is 26.5. The molecule has 2 fully saturated rings. The molecule has 0 spiro atoms. The van der Waals surface area contributed by atoms with Crippen molar-refractivity contribution in [3.05, 3.63) is 29.3 Å². The van der Waals surface area contributed by atoms with Crippen molar-refractivity contribution in [3.63, 3.8) is 0 Å². The third kappa shape index (κ3) is 5.36. The summed E-state index contributed by atoms with van der Waals surface area (Å²) in [5, 5.41) is 2.99. The van der Waals surface area contributed by atoms with Crippen LogP contribution in [0.3, 0.4) is 0 Å².